The predicted molar refractivity (Wildman–Crippen MR) is 132 cm³/mol. The molecule has 1 aliphatic heterocycles. The first-order chi connectivity index (χ1) is 13.1. The second-order valence-corrected chi connectivity index (χ2v) is 8.10. The lowest BCUT2D eigenvalue weighted by molar-refractivity contribution is 0.372. The fraction of sp³-hybridized carbons (Fsp3) is 0.524. The molecule has 5 nitrogen and oxygen atoms in total. The molecule has 1 saturated heterocycles. The van der Waals surface area contributed by atoms with E-state index < -0.39 is 0 Å². The Morgan fingerprint density at radius 1 is 1.18 bits per heavy atom. The van der Waals surface area contributed by atoms with E-state index in [1.807, 2.05) is 7.05 Å². The Kier molecular flexibility index (Phi) is 9.01. The summed E-state index contributed by atoms with van der Waals surface area (Å²) in [5.74, 6) is 1.02. The Hall–Kier alpha value is -1.35. The van der Waals surface area contributed by atoms with Crippen molar-refractivity contribution in [3.63, 3.8) is 0 Å². The van der Waals surface area contributed by atoms with Crippen molar-refractivity contribution < 1.29 is 0 Å². The zero-order valence-corrected chi connectivity index (χ0v) is 20.5. The molecule has 2 aromatic rings. The molecule has 1 fully saturated rings. The normalized spacial score (nSPS) is 14.8. The topological polar surface area (TPSA) is 43.8 Å². The average Bonchev–Trinajstić information content (AvgIpc) is 3.10. The highest BCUT2D eigenvalue weighted by atomic mass is 127. The number of guanidine groups is 1. The molecule has 1 aliphatic rings. The van der Waals surface area contributed by atoms with E-state index in [1.54, 1.807) is 11.3 Å². The van der Waals surface area contributed by atoms with E-state index >= 15 is 0 Å². The number of hydrogen-bond donors (Lipinski definition) is 1. The Balaban J connectivity index is 0.00000280. The lowest BCUT2D eigenvalue weighted by Crippen LogP contribution is -2.52. The number of aryl methyl sites for hydroxylation is 3. The Morgan fingerprint density at radius 2 is 1.93 bits per heavy atom. The number of piperazine rings is 1. The van der Waals surface area contributed by atoms with Gasteiger partial charge in [-0.15, -0.1) is 35.3 Å². The molecule has 1 N–H and O–H groups in total. The number of thiazole rings is 1. The van der Waals surface area contributed by atoms with Crippen LogP contribution in [-0.4, -0.2) is 55.6 Å². The number of aromatic nitrogens is 1. The number of nitrogens with one attached hydrogen (secondary N) is 1. The first-order valence-electron chi connectivity index (χ1n) is 9.76. The molecule has 0 amide bonds. The average molecular weight is 513 g/mol. The molecule has 0 aliphatic carbocycles. The molecular weight excluding hydrogens is 481 g/mol. The van der Waals surface area contributed by atoms with E-state index in [2.05, 4.69) is 69.4 Å². The highest BCUT2D eigenvalue weighted by Crippen LogP contribution is 2.23. The van der Waals surface area contributed by atoms with Gasteiger partial charge >= 0.3 is 0 Å². The van der Waals surface area contributed by atoms with E-state index in [1.165, 1.54) is 21.8 Å². The van der Waals surface area contributed by atoms with Crippen LogP contribution in [0.25, 0.3) is 0 Å². The monoisotopic (exact) mass is 513 g/mol. The summed E-state index contributed by atoms with van der Waals surface area (Å²) in [4.78, 5) is 13.9. The summed E-state index contributed by atoms with van der Waals surface area (Å²) in [7, 11) is 1.88. The fourth-order valence-electron chi connectivity index (χ4n) is 3.53. The van der Waals surface area contributed by atoms with Crippen molar-refractivity contribution in [2.24, 2.45) is 4.99 Å². The second-order valence-electron chi connectivity index (χ2n) is 7.15. The molecule has 28 heavy (non-hydrogen) atoms. The third-order valence-electron chi connectivity index (χ3n) is 5.22. The highest BCUT2D eigenvalue weighted by molar-refractivity contribution is 14.0. The van der Waals surface area contributed by atoms with Gasteiger partial charge in [-0.1, -0.05) is 12.1 Å². The summed E-state index contributed by atoms with van der Waals surface area (Å²) in [5, 5.41) is 6.88. The maximum Gasteiger partial charge on any atom is 0.193 e. The minimum atomic E-state index is 0. The first kappa shape index (κ1) is 22.9. The van der Waals surface area contributed by atoms with Crippen molar-refractivity contribution >= 4 is 47.0 Å². The third-order valence-corrected chi connectivity index (χ3v) is 6.25. The van der Waals surface area contributed by atoms with Crippen LogP contribution in [0.2, 0.25) is 0 Å². The largest absolute Gasteiger partial charge is 0.368 e. The molecule has 0 saturated carbocycles. The van der Waals surface area contributed by atoms with Crippen molar-refractivity contribution in [3.8, 4) is 0 Å². The third kappa shape index (κ3) is 5.83. The zero-order chi connectivity index (χ0) is 19.2. The highest BCUT2D eigenvalue weighted by Gasteiger charge is 2.20. The SMILES string of the molecule is CN=C(NCCCc1nc(C)cs1)N1CCN(c2cccc(C)c2C)CC1.I. The van der Waals surface area contributed by atoms with Gasteiger partial charge in [-0.25, -0.2) is 4.98 Å². The fourth-order valence-corrected chi connectivity index (χ4v) is 4.35. The number of rotatable bonds is 5. The molecule has 1 aromatic heterocycles. The summed E-state index contributed by atoms with van der Waals surface area (Å²) >= 11 is 1.76. The molecule has 0 radical (unpaired) electrons. The van der Waals surface area contributed by atoms with E-state index in [0.29, 0.717) is 0 Å². The lowest BCUT2D eigenvalue weighted by atomic mass is 10.1. The maximum absolute atomic E-state index is 4.53. The van der Waals surface area contributed by atoms with Gasteiger partial charge < -0.3 is 15.1 Å². The van der Waals surface area contributed by atoms with E-state index in [-0.39, 0.29) is 24.0 Å². The first-order valence-corrected chi connectivity index (χ1v) is 10.6. The summed E-state index contributed by atoms with van der Waals surface area (Å²) in [6.45, 7) is 11.5. The molecule has 154 valence electrons. The minimum Gasteiger partial charge on any atom is -0.368 e. The van der Waals surface area contributed by atoms with E-state index in [9.17, 15) is 0 Å². The smallest absolute Gasteiger partial charge is 0.193 e. The molecular formula is C21H32IN5S. The number of benzene rings is 1. The predicted octanol–water partition coefficient (Wildman–Crippen LogP) is 4.02. The van der Waals surface area contributed by atoms with Gasteiger partial charge in [0.25, 0.3) is 0 Å². The zero-order valence-electron chi connectivity index (χ0n) is 17.4. The molecule has 0 unspecified atom stereocenters. The number of hydrogen-bond acceptors (Lipinski definition) is 4. The molecule has 0 bridgehead atoms. The molecule has 7 heteroatoms. The van der Waals surface area contributed by atoms with Crippen LogP contribution >= 0.6 is 35.3 Å². The van der Waals surface area contributed by atoms with Crippen molar-refractivity contribution in [1.29, 1.82) is 0 Å². The summed E-state index contributed by atoms with van der Waals surface area (Å²) in [6, 6.07) is 6.59. The summed E-state index contributed by atoms with van der Waals surface area (Å²) in [6.07, 6.45) is 2.11. The summed E-state index contributed by atoms with van der Waals surface area (Å²) in [5.41, 5.74) is 5.26. The summed E-state index contributed by atoms with van der Waals surface area (Å²) < 4.78 is 0. The molecule has 0 atom stereocenters. The second kappa shape index (κ2) is 11.0. The number of anilines is 1. The standard InChI is InChI=1S/C21H31N5S.HI/c1-16-7-5-8-19(18(16)3)25-11-13-26(14-12-25)21(22-4)23-10-6-9-20-24-17(2)15-27-20;/h5,7-8,15H,6,9-14H2,1-4H3,(H,22,23);1H. The number of nitrogens with zero attached hydrogens (tertiary/aromatic N) is 4. The molecule has 0 spiro atoms. The van der Waals surface area contributed by atoms with Gasteiger partial charge in [-0.05, 0) is 44.4 Å². The van der Waals surface area contributed by atoms with E-state index in [0.717, 1.165) is 57.2 Å². The van der Waals surface area contributed by atoms with Gasteiger partial charge in [0.2, 0.25) is 0 Å². The van der Waals surface area contributed by atoms with Gasteiger partial charge in [0.15, 0.2) is 5.96 Å². The number of aliphatic imine (C=N–C) groups is 1. The van der Waals surface area contributed by atoms with Gasteiger partial charge in [-0.2, -0.15) is 0 Å². The van der Waals surface area contributed by atoms with Crippen molar-refractivity contribution in [1.82, 2.24) is 15.2 Å². The number of halogens is 1. The molecule has 1 aromatic carbocycles. The van der Waals surface area contributed by atoms with Crippen LogP contribution in [0.1, 0.15) is 28.2 Å². The Bertz CT molecular complexity index is 781. The van der Waals surface area contributed by atoms with Crippen LogP contribution in [0, 0.1) is 20.8 Å². The van der Waals surface area contributed by atoms with Crippen LogP contribution in [0.15, 0.2) is 28.6 Å². The molecule has 3 rings (SSSR count). The quantitative estimate of drug-likeness (QED) is 0.284. The van der Waals surface area contributed by atoms with Crippen molar-refractivity contribution in [2.75, 3.05) is 44.7 Å². The van der Waals surface area contributed by atoms with Crippen molar-refractivity contribution in [3.05, 3.63) is 45.4 Å². The van der Waals surface area contributed by atoms with Crippen LogP contribution in [0.3, 0.4) is 0 Å². The van der Waals surface area contributed by atoms with Crippen LogP contribution in [0.5, 0.6) is 0 Å². The molecule has 2 heterocycles. The Labute approximate surface area is 190 Å². The van der Waals surface area contributed by atoms with E-state index in [4.69, 9.17) is 0 Å². The minimum absolute atomic E-state index is 0. The van der Waals surface area contributed by atoms with Crippen LogP contribution in [0.4, 0.5) is 5.69 Å². The van der Waals surface area contributed by atoms with Gasteiger partial charge in [0, 0.05) is 63.0 Å². The van der Waals surface area contributed by atoms with Crippen LogP contribution in [-0.2, 0) is 6.42 Å². The lowest BCUT2D eigenvalue weighted by Gasteiger charge is -2.38. The van der Waals surface area contributed by atoms with Gasteiger partial charge in [0.05, 0.1) is 5.01 Å². The van der Waals surface area contributed by atoms with Crippen molar-refractivity contribution in [2.45, 2.75) is 33.6 Å². The van der Waals surface area contributed by atoms with Crippen LogP contribution < -0.4 is 10.2 Å². The maximum atomic E-state index is 4.53. The van der Waals surface area contributed by atoms with Gasteiger partial charge in [-0.3, -0.25) is 4.99 Å². The Morgan fingerprint density at radius 3 is 2.57 bits per heavy atom. The van der Waals surface area contributed by atoms with Gasteiger partial charge in [0.1, 0.15) is 0 Å².